The summed E-state index contributed by atoms with van der Waals surface area (Å²) in [5, 5.41) is -1.59. The fourth-order valence-corrected chi connectivity index (χ4v) is 0.993. The second-order valence-electron chi connectivity index (χ2n) is 2.03. The van der Waals surface area contributed by atoms with Crippen molar-refractivity contribution in [1.82, 2.24) is 0 Å². The Balaban J connectivity index is 2.86. The van der Waals surface area contributed by atoms with Crippen molar-refractivity contribution in [2.24, 2.45) is 0 Å². The Labute approximate surface area is 72.4 Å². The minimum atomic E-state index is -1.59. The van der Waals surface area contributed by atoms with Crippen molar-refractivity contribution >= 4 is 21.7 Å². The van der Waals surface area contributed by atoms with E-state index in [1.807, 2.05) is 0 Å². The van der Waals surface area contributed by atoms with Crippen LogP contribution < -0.4 is 0 Å². The molecule has 0 N–H and O–H groups in total. The number of ketones is 1. The highest BCUT2D eigenvalue weighted by molar-refractivity contribution is 9.09. The van der Waals surface area contributed by atoms with Gasteiger partial charge in [0, 0.05) is 5.56 Å². The molecule has 1 aromatic rings. The van der Waals surface area contributed by atoms with E-state index in [9.17, 15) is 9.18 Å². The molecule has 0 aromatic heterocycles. The molecule has 1 atom stereocenters. The highest BCUT2D eigenvalue weighted by atomic mass is 79.9. The van der Waals surface area contributed by atoms with Crippen LogP contribution >= 0.6 is 15.9 Å². The van der Waals surface area contributed by atoms with Crippen molar-refractivity contribution in [1.29, 1.82) is 0 Å². The summed E-state index contributed by atoms with van der Waals surface area (Å²) in [6.45, 7) is 0. The van der Waals surface area contributed by atoms with E-state index in [1.54, 1.807) is 30.3 Å². The summed E-state index contributed by atoms with van der Waals surface area (Å²) < 4.78 is 12.3. The van der Waals surface area contributed by atoms with Crippen molar-refractivity contribution in [2.45, 2.75) is 5.08 Å². The zero-order valence-electron chi connectivity index (χ0n) is 5.63. The number of carbonyl (C=O) groups excluding carboxylic acids is 1. The fraction of sp³-hybridized carbons (Fsp3) is 0.125. The number of hydrogen-bond acceptors (Lipinski definition) is 1. The third kappa shape index (κ3) is 2.12. The molecule has 58 valence electrons. The molecule has 1 unspecified atom stereocenters. The van der Waals surface area contributed by atoms with E-state index in [1.165, 1.54) is 0 Å². The van der Waals surface area contributed by atoms with Crippen molar-refractivity contribution in [3.05, 3.63) is 35.9 Å². The van der Waals surface area contributed by atoms with Gasteiger partial charge in [0.05, 0.1) is 0 Å². The SMILES string of the molecule is O=C(c1ccccc1)C([18F])Br. The maximum atomic E-state index is 12.3. The smallest absolute Gasteiger partial charge is 0.217 e. The number of carbonyl (C=O) groups is 1. The lowest BCUT2D eigenvalue weighted by molar-refractivity contribution is 0.0942. The van der Waals surface area contributed by atoms with Crippen LogP contribution in [0.5, 0.6) is 0 Å². The zero-order chi connectivity index (χ0) is 8.27. The first-order valence-electron chi connectivity index (χ1n) is 3.09. The molecule has 0 aliphatic rings. The number of rotatable bonds is 2. The average molecular weight is 216 g/mol. The number of benzene rings is 1. The van der Waals surface area contributed by atoms with Gasteiger partial charge in [-0.3, -0.25) is 4.79 Å². The Hall–Kier alpha value is -0.700. The van der Waals surface area contributed by atoms with Crippen molar-refractivity contribution in [2.75, 3.05) is 0 Å². The lowest BCUT2D eigenvalue weighted by Gasteiger charge is -1.97. The highest BCUT2D eigenvalue weighted by Gasteiger charge is 2.13. The molecule has 11 heavy (non-hydrogen) atoms. The molecule has 0 aliphatic heterocycles. The summed E-state index contributed by atoms with van der Waals surface area (Å²) in [5.41, 5.74) is 0.386. The molecule has 0 saturated carbocycles. The summed E-state index contributed by atoms with van der Waals surface area (Å²) in [6.07, 6.45) is 0. The van der Waals surface area contributed by atoms with Gasteiger partial charge in [-0.25, -0.2) is 4.39 Å². The van der Waals surface area contributed by atoms with Crippen LogP contribution in [0, 0.1) is 0 Å². The van der Waals surface area contributed by atoms with E-state index in [4.69, 9.17) is 0 Å². The normalized spacial score (nSPS) is 12.5. The average Bonchev–Trinajstić information content (AvgIpc) is 2.05. The Bertz CT molecular complexity index is 246. The van der Waals surface area contributed by atoms with Gasteiger partial charge in [-0.15, -0.1) is 0 Å². The molecular formula is C8H6BrFO. The molecule has 0 amide bonds. The van der Waals surface area contributed by atoms with E-state index < -0.39 is 10.9 Å². The summed E-state index contributed by atoms with van der Waals surface area (Å²) in [7, 11) is 0. The summed E-state index contributed by atoms with van der Waals surface area (Å²) in [5.74, 6) is -0.536. The predicted molar refractivity (Wildman–Crippen MR) is 44.6 cm³/mol. The predicted octanol–water partition coefficient (Wildman–Crippen LogP) is 2.56. The van der Waals surface area contributed by atoms with Crippen LogP contribution in [0.4, 0.5) is 4.39 Å². The van der Waals surface area contributed by atoms with Gasteiger partial charge in [0.1, 0.15) is 0 Å². The Kier molecular flexibility index (Phi) is 2.76. The van der Waals surface area contributed by atoms with Gasteiger partial charge >= 0.3 is 0 Å². The Morgan fingerprint density at radius 3 is 2.36 bits per heavy atom. The Morgan fingerprint density at radius 2 is 1.91 bits per heavy atom. The summed E-state index contributed by atoms with van der Waals surface area (Å²) >= 11 is 2.56. The lowest BCUT2D eigenvalue weighted by Crippen LogP contribution is -2.07. The molecule has 3 heteroatoms. The first-order valence-corrected chi connectivity index (χ1v) is 4.01. The quantitative estimate of drug-likeness (QED) is 0.548. The molecule has 0 fully saturated rings. The monoisotopic (exact) mass is 215 g/mol. The molecule has 1 aromatic carbocycles. The van der Waals surface area contributed by atoms with Gasteiger partial charge in [-0.2, -0.15) is 0 Å². The number of alkyl halides is 2. The van der Waals surface area contributed by atoms with E-state index in [0.717, 1.165) is 0 Å². The largest absolute Gasteiger partial charge is 0.290 e. The third-order valence-electron chi connectivity index (χ3n) is 1.26. The van der Waals surface area contributed by atoms with E-state index in [-0.39, 0.29) is 0 Å². The van der Waals surface area contributed by atoms with Gasteiger partial charge in [0.2, 0.25) is 10.9 Å². The maximum Gasteiger partial charge on any atom is 0.217 e. The topological polar surface area (TPSA) is 17.1 Å². The second-order valence-corrected chi connectivity index (χ2v) is 2.83. The van der Waals surface area contributed by atoms with Crippen LogP contribution in [0.2, 0.25) is 0 Å². The highest BCUT2D eigenvalue weighted by Crippen LogP contribution is 2.10. The molecule has 0 saturated heterocycles. The zero-order valence-corrected chi connectivity index (χ0v) is 7.21. The van der Waals surface area contributed by atoms with Crippen LogP contribution in [0.25, 0.3) is 0 Å². The summed E-state index contributed by atoms with van der Waals surface area (Å²) in [6, 6.07) is 8.33. The minimum absolute atomic E-state index is 0.386. The van der Waals surface area contributed by atoms with E-state index in [0.29, 0.717) is 5.56 Å². The van der Waals surface area contributed by atoms with Gasteiger partial charge in [0.15, 0.2) is 0 Å². The second kappa shape index (κ2) is 3.62. The van der Waals surface area contributed by atoms with Gasteiger partial charge in [-0.1, -0.05) is 30.3 Å². The van der Waals surface area contributed by atoms with Crippen LogP contribution in [-0.4, -0.2) is 10.9 Å². The standard InChI is InChI=1S/C8H6BrFO/c9-8(10)7(11)6-4-2-1-3-5-6/h1-5,8H/i10-1. The number of hydrogen-bond donors (Lipinski definition) is 0. The molecule has 0 radical (unpaired) electrons. The molecule has 0 heterocycles. The molecule has 1 rings (SSSR count). The number of Topliss-reactive ketones (excluding diaryl/α,β-unsaturated/α-hetero) is 1. The van der Waals surface area contributed by atoms with Crippen molar-refractivity contribution in [3.63, 3.8) is 0 Å². The molecule has 0 bridgehead atoms. The molecular weight excluding hydrogens is 210 g/mol. The Morgan fingerprint density at radius 1 is 1.36 bits per heavy atom. The van der Waals surface area contributed by atoms with E-state index in [2.05, 4.69) is 15.9 Å². The first-order chi connectivity index (χ1) is 5.22. The molecule has 0 aliphatic carbocycles. The van der Waals surface area contributed by atoms with Crippen LogP contribution in [0.15, 0.2) is 30.3 Å². The maximum absolute atomic E-state index is 12.3. The number of halogens is 2. The fourth-order valence-electron chi connectivity index (χ4n) is 0.728. The lowest BCUT2D eigenvalue weighted by atomic mass is 10.1. The molecule has 0 spiro atoms. The van der Waals surface area contributed by atoms with Gasteiger partial charge in [0.25, 0.3) is 0 Å². The van der Waals surface area contributed by atoms with Gasteiger partial charge < -0.3 is 0 Å². The summed E-state index contributed by atoms with van der Waals surface area (Å²) in [4.78, 5) is 10.9. The van der Waals surface area contributed by atoms with E-state index >= 15 is 0 Å². The molecule has 1 nitrogen and oxygen atoms in total. The minimum Gasteiger partial charge on any atom is -0.290 e. The van der Waals surface area contributed by atoms with Crippen molar-refractivity contribution < 1.29 is 9.18 Å². The third-order valence-corrected chi connectivity index (χ3v) is 1.67. The van der Waals surface area contributed by atoms with Crippen LogP contribution in [0.3, 0.4) is 0 Å². The van der Waals surface area contributed by atoms with Crippen LogP contribution in [0.1, 0.15) is 10.4 Å². The van der Waals surface area contributed by atoms with Crippen molar-refractivity contribution in [3.8, 4) is 0 Å². The van der Waals surface area contributed by atoms with Crippen LogP contribution in [-0.2, 0) is 0 Å². The first kappa shape index (κ1) is 8.40. The van der Waals surface area contributed by atoms with Gasteiger partial charge in [-0.05, 0) is 15.9 Å².